The molecule has 212 valence electrons. The van der Waals surface area contributed by atoms with Crippen molar-refractivity contribution >= 4 is 33.3 Å². The molecule has 2 aromatic carbocycles. The van der Waals surface area contributed by atoms with E-state index in [4.69, 9.17) is 4.74 Å². The molecule has 13 nitrogen and oxygen atoms in total. The predicted octanol–water partition coefficient (Wildman–Crippen LogP) is 3.19. The molecule has 0 bridgehead atoms. The van der Waals surface area contributed by atoms with Gasteiger partial charge >= 0.3 is 6.09 Å². The molecule has 5 aromatic rings. The number of aryl methyl sites for hydroxylation is 1. The molecule has 0 saturated carbocycles. The number of hydrogen-bond donors (Lipinski definition) is 3. The fraction of sp³-hybridized carbons (Fsp3) is 0.308. The highest BCUT2D eigenvalue weighted by Gasteiger charge is 2.41. The topological polar surface area (TPSA) is 162 Å². The number of aromatic nitrogens is 7. The van der Waals surface area contributed by atoms with Gasteiger partial charge in [-0.1, -0.05) is 11.3 Å². The van der Waals surface area contributed by atoms with Gasteiger partial charge in [0.1, 0.15) is 36.2 Å². The number of hydrogen-bond acceptors (Lipinski definition) is 11. The molecule has 0 radical (unpaired) electrons. The average Bonchev–Trinajstić information content (AvgIpc) is 3.73. The van der Waals surface area contributed by atoms with Gasteiger partial charge < -0.3 is 19.7 Å². The number of carbonyl (C=O) groups is 1. The van der Waals surface area contributed by atoms with Gasteiger partial charge in [-0.05, 0) is 37.3 Å². The number of thiazole rings is 1. The van der Waals surface area contributed by atoms with E-state index in [1.807, 2.05) is 25.1 Å². The second-order valence-electron chi connectivity index (χ2n) is 9.45. The van der Waals surface area contributed by atoms with Crippen LogP contribution in [0.5, 0.6) is 0 Å². The number of aliphatic hydroxyl groups is 2. The largest absolute Gasteiger partial charge is 0.453 e. The van der Waals surface area contributed by atoms with Gasteiger partial charge in [0.15, 0.2) is 5.82 Å². The second-order valence-corrected chi connectivity index (χ2v) is 10.7. The van der Waals surface area contributed by atoms with Crippen molar-refractivity contribution in [2.45, 2.75) is 37.7 Å². The van der Waals surface area contributed by atoms with Crippen LogP contribution in [0.4, 0.5) is 14.9 Å². The molecule has 4 heterocycles. The summed E-state index contributed by atoms with van der Waals surface area (Å²) in [5.41, 5.74) is 2.38. The van der Waals surface area contributed by atoms with Crippen LogP contribution in [0.2, 0.25) is 0 Å². The summed E-state index contributed by atoms with van der Waals surface area (Å²) < 4.78 is 29.3. The highest BCUT2D eigenvalue weighted by molar-refractivity contribution is 7.18. The molecule has 4 atom stereocenters. The summed E-state index contributed by atoms with van der Waals surface area (Å²) in [4.78, 5) is 20.4. The summed E-state index contributed by atoms with van der Waals surface area (Å²) in [5.74, 6) is -0.183. The van der Waals surface area contributed by atoms with E-state index in [0.717, 1.165) is 20.9 Å². The fourth-order valence-electron chi connectivity index (χ4n) is 4.87. The molecule has 6 rings (SSSR count). The molecule has 41 heavy (non-hydrogen) atoms. The number of anilines is 1. The van der Waals surface area contributed by atoms with Crippen LogP contribution >= 0.6 is 11.3 Å². The number of methoxy groups -OCH3 is 1. The van der Waals surface area contributed by atoms with Crippen molar-refractivity contribution in [3.8, 4) is 16.9 Å². The molecule has 3 aromatic heterocycles. The molecular formula is C26H25FN8O5S. The van der Waals surface area contributed by atoms with Gasteiger partial charge in [-0.3, -0.25) is 5.32 Å². The highest BCUT2D eigenvalue weighted by atomic mass is 32.1. The smallest absolute Gasteiger partial charge is 0.411 e. The zero-order chi connectivity index (χ0) is 28.7. The SMILES string of the molecule is COC(=O)Nc1ccc(-c2cn([C@@H]3C[C@H](c4ncnn4-c4ccc5nc(C)sc5c4)O[C@H](CO)[C@@H]3O)nn2)cc1F. The van der Waals surface area contributed by atoms with Crippen LogP contribution in [0.1, 0.15) is 29.4 Å². The third kappa shape index (κ3) is 5.15. The van der Waals surface area contributed by atoms with Gasteiger partial charge in [-0.25, -0.2) is 28.5 Å². The molecule has 1 aliphatic rings. The molecule has 1 saturated heterocycles. The molecule has 3 N–H and O–H groups in total. The molecule has 0 aliphatic carbocycles. The Balaban J connectivity index is 1.28. The first-order valence-corrected chi connectivity index (χ1v) is 13.4. The van der Waals surface area contributed by atoms with E-state index in [0.29, 0.717) is 17.1 Å². The highest BCUT2D eigenvalue weighted by Crippen LogP contribution is 2.38. The Morgan fingerprint density at radius 3 is 2.93 bits per heavy atom. The lowest BCUT2D eigenvalue weighted by molar-refractivity contribution is -0.161. The van der Waals surface area contributed by atoms with Crippen LogP contribution in [0, 0.1) is 12.7 Å². The maximum atomic E-state index is 14.6. The minimum atomic E-state index is -1.11. The van der Waals surface area contributed by atoms with Gasteiger partial charge in [0, 0.05) is 12.0 Å². The first kappa shape index (κ1) is 26.9. The fourth-order valence-corrected chi connectivity index (χ4v) is 5.73. The zero-order valence-electron chi connectivity index (χ0n) is 21.9. The number of nitrogens with one attached hydrogen (secondary N) is 1. The number of ether oxygens (including phenoxy) is 2. The zero-order valence-corrected chi connectivity index (χ0v) is 22.7. The van der Waals surface area contributed by atoms with Crippen LogP contribution < -0.4 is 5.32 Å². The predicted molar refractivity (Wildman–Crippen MR) is 145 cm³/mol. The number of rotatable bonds is 6. The Bertz CT molecular complexity index is 1720. The van der Waals surface area contributed by atoms with Crippen molar-refractivity contribution in [2.24, 2.45) is 0 Å². The van der Waals surface area contributed by atoms with Gasteiger partial charge in [0.05, 0.1) is 52.6 Å². The summed E-state index contributed by atoms with van der Waals surface area (Å²) in [6, 6.07) is 9.32. The number of aliphatic hydroxyl groups excluding tert-OH is 2. The van der Waals surface area contributed by atoms with E-state index in [9.17, 15) is 19.4 Å². The lowest BCUT2D eigenvalue weighted by Gasteiger charge is -2.38. The van der Waals surface area contributed by atoms with Crippen molar-refractivity contribution in [3.63, 3.8) is 0 Å². The Morgan fingerprint density at radius 1 is 1.29 bits per heavy atom. The summed E-state index contributed by atoms with van der Waals surface area (Å²) >= 11 is 1.58. The molecule has 1 aliphatic heterocycles. The second kappa shape index (κ2) is 10.9. The summed E-state index contributed by atoms with van der Waals surface area (Å²) in [6.45, 7) is 1.51. The molecule has 0 unspecified atom stereocenters. The first-order chi connectivity index (χ1) is 19.8. The minimum Gasteiger partial charge on any atom is -0.453 e. The molecule has 15 heteroatoms. The Morgan fingerprint density at radius 2 is 2.15 bits per heavy atom. The van der Waals surface area contributed by atoms with E-state index in [-0.39, 0.29) is 12.1 Å². The maximum absolute atomic E-state index is 14.6. The van der Waals surface area contributed by atoms with E-state index in [1.165, 1.54) is 30.3 Å². The van der Waals surface area contributed by atoms with E-state index in [1.54, 1.807) is 28.3 Å². The van der Waals surface area contributed by atoms with Gasteiger partial charge in [0.25, 0.3) is 0 Å². The third-order valence-corrected chi connectivity index (χ3v) is 7.81. The lowest BCUT2D eigenvalue weighted by atomic mass is 9.95. The van der Waals surface area contributed by atoms with E-state index < -0.39 is 42.9 Å². The summed E-state index contributed by atoms with van der Waals surface area (Å²) in [7, 11) is 1.18. The van der Waals surface area contributed by atoms with Gasteiger partial charge in [-0.2, -0.15) is 5.10 Å². The Labute approximate surface area is 236 Å². The van der Waals surface area contributed by atoms with Crippen molar-refractivity contribution in [2.75, 3.05) is 19.0 Å². The first-order valence-electron chi connectivity index (χ1n) is 12.6. The Kier molecular flexibility index (Phi) is 7.17. The molecule has 0 spiro atoms. The van der Waals surface area contributed by atoms with Crippen LogP contribution in [-0.2, 0) is 9.47 Å². The van der Waals surface area contributed by atoms with E-state index >= 15 is 0 Å². The summed E-state index contributed by atoms with van der Waals surface area (Å²) in [5, 5.41) is 37.1. The lowest BCUT2D eigenvalue weighted by Crippen LogP contribution is -2.45. The van der Waals surface area contributed by atoms with Gasteiger partial charge in [0.2, 0.25) is 0 Å². The van der Waals surface area contributed by atoms with Crippen molar-refractivity contribution < 1.29 is 28.9 Å². The van der Waals surface area contributed by atoms with Gasteiger partial charge in [-0.15, -0.1) is 16.4 Å². The number of halogens is 1. The monoisotopic (exact) mass is 580 g/mol. The Hall–Kier alpha value is -4.31. The van der Waals surface area contributed by atoms with Crippen molar-refractivity contribution in [1.29, 1.82) is 0 Å². The number of amides is 1. The number of carbonyl (C=O) groups excluding carboxylic acids is 1. The normalized spacial score (nSPS) is 20.8. The third-order valence-electron chi connectivity index (χ3n) is 6.87. The standard InChI is InChI=1S/C26H25FN8O5S/c1-13-30-18-6-4-15(8-23(18)41-13)35-25(28-12-29-35)21-9-20(24(37)22(11-36)40-21)34-10-19(32-33-34)14-3-5-17(16(27)7-14)31-26(38)39-2/h3-8,10,12,20-22,24,36-37H,9,11H2,1-2H3,(H,31,38)/t20-,21-,22-,24-/m1/s1. The average molecular weight is 581 g/mol. The molecular weight excluding hydrogens is 555 g/mol. The van der Waals surface area contributed by atoms with Crippen LogP contribution in [-0.4, -0.2) is 77.0 Å². The summed E-state index contributed by atoms with van der Waals surface area (Å²) in [6.07, 6.45) is -0.216. The minimum absolute atomic E-state index is 0.0461. The van der Waals surface area contributed by atoms with Crippen molar-refractivity contribution in [3.05, 3.63) is 65.6 Å². The van der Waals surface area contributed by atoms with Crippen LogP contribution in [0.3, 0.4) is 0 Å². The number of benzene rings is 2. The number of fused-ring (bicyclic) bond motifs is 1. The maximum Gasteiger partial charge on any atom is 0.411 e. The number of nitrogens with zero attached hydrogens (tertiary/aromatic N) is 7. The molecule has 1 fully saturated rings. The molecule has 1 amide bonds. The van der Waals surface area contributed by atoms with E-state index in [2.05, 4.69) is 35.4 Å². The van der Waals surface area contributed by atoms with Crippen molar-refractivity contribution in [1.82, 2.24) is 34.7 Å². The quantitative estimate of drug-likeness (QED) is 0.272. The van der Waals surface area contributed by atoms with Crippen LogP contribution in [0.25, 0.3) is 27.2 Å². The van der Waals surface area contributed by atoms with Crippen LogP contribution in [0.15, 0.2) is 48.9 Å².